The third-order valence-corrected chi connectivity index (χ3v) is 5.25. The van der Waals surface area contributed by atoms with Crippen molar-refractivity contribution >= 4 is 6.03 Å². The first-order valence-electron chi connectivity index (χ1n) is 8.90. The number of carbonyl (C=O) groups is 1. The van der Waals surface area contributed by atoms with Gasteiger partial charge in [-0.2, -0.15) is 0 Å². The minimum absolute atomic E-state index is 0.0596. The van der Waals surface area contributed by atoms with Crippen LogP contribution in [0.2, 0.25) is 0 Å². The van der Waals surface area contributed by atoms with Gasteiger partial charge in [-0.05, 0) is 62.3 Å². The van der Waals surface area contributed by atoms with Gasteiger partial charge in [0.05, 0.1) is 19.3 Å². The van der Waals surface area contributed by atoms with E-state index in [1.807, 2.05) is 6.07 Å². The second kappa shape index (κ2) is 7.01. The summed E-state index contributed by atoms with van der Waals surface area (Å²) < 4.78 is 5.31. The quantitative estimate of drug-likeness (QED) is 0.894. The van der Waals surface area contributed by atoms with E-state index >= 15 is 0 Å². The number of hydrogen-bond donors (Lipinski definition) is 2. The summed E-state index contributed by atoms with van der Waals surface area (Å²) in [4.78, 5) is 14.2. The number of carbonyl (C=O) groups excluding carboxylic acids is 1. The van der Waals surface area contributed by atoms with Gasteiger partial charge in [0.15, 0.2) is 0 Å². The Morgan fingerprint density at radius 2 is 2.29 bits per heavy atom. The van der Waals surface area contributed by atoms with Crippen molar-refractivity contribution in [2.24, 2.45) is 0 Å². The number of rotatable bonds is 3. The predicted octanol–water partition coefficient (Wildman–Crippen LogP) is 2.67. The van der Waals surface area contributed by atoms with Crippen molar-refractivity contribution in [1.29, 1.82) is 0 Å². The highest BCUT2D eigenvalue weighted by Gasteiger charge is 2.31. The molecule has 0 spiro atoms. The second-order valence-electron chi connectivity index (χ2n) is 7.36. The number of nitrogens with one attached hydrogen (secondary N) is 1. The van der Waals surface area contributed by atoms with E-state index in [0.717, 1.165) is 44.4 Å². The molecule has 1 aromatic carbocycles. The van der Waals surface area contributed by atoms with Crippen molar-refractivity contribution in [3.63, 3.8) is 0 Å². The van der Waals surface area contributed by atoms with Crippen LogP contribution in [-0.4, -0.2) is 48.4 Å². The van der Waals surface area contributed by atoms with E-state index in [4.69, 9.17) is 4.74 Å². The van der Waals surface area contributed by atoms with Gasteiger partial charge in [0.2, 0.25) is 0 Å². The van der Waals surface area contributed by atoms with Crippen molar-refractivity contribution in [2.45, 2.75) is 50.5 Å². The van der Waals surface area contributed by atoms with Crippen LogP contribution in [0.5, 0.6) is 5.75 Å². The molecule has 0 aromatic heterocycles. The molecule has 1 aliphatic carbocycles. The van der Waals surface area contributed by atoms with Gasteiger partial charge in [-0.15, -0.1) is 0 Å². The van der Waals surface area contributed by atoms with Crippen LogP contribution in [0.4, 0.5) is 4.79 Å². The van der Waals surface area contributed by atoms with E-state index in [-0.39, 0.29) is 6.03 Å². The number of fused-ring (bicyclic) bond motifs is 1. The number of benzene rings is 1. The van der Waals surface area contributed by atoms with Crippen molar-refractivity contribution < 1.29 is 14.6 Å². The molecule has 0 radical (unpaired) electrons. The average molecular weight is 332 g/mol. The Hall–Kier alpha value is -1.75. The van der Waals surface area contributed by atoms with Gasteiger partial charge >= 0.3 is 6.03 Å². The maximum Gasteiger partial charge on any atom is 0.317 e. The summed E-state index contributed by atoms with van der Waals surface area (Å²) in [6, 6.07) is 6.19. The zero-order valence-corrected chi connectivity index (χ0v) is 14.7. The minimum atomic E-state index is -0.760. The Bertz CT molecular complexity index is 600. The number of aliphatic hydroxyl groups is 1. The third-order valence-electron chi connectivity index (χ3n) is 5.25. The van der Waals surface area contributed by atoms with E-state index in [2.05, 4.69) is 17.4 Å². The number of likely N-dealkylation sites (tertiary alicyclic amines) is 1. The molecule has 1 saturated heterocycles. The lowest BCUT2D eigenvalue weighted by Gasteiger charge is -2.37. The average Bonchev–Trinajstić information content (AvgIpc) is 2.58. The summed E-state index contributed by atoms with van der Waals surface area (Å²) in [6.45, 7) is 3.59. The number of amides is 2. The standard InChI is InChI=1S/C19H28N2O3/c1-19(23)9-4-10-21(13-19)18(22)20-12-15-6-3-5-14-11-16(24-2)7-8-17(14)15/h7-8,11,15,23H,3-6,9-10,12-13H2,1-2H3,(H,20,22)/t15-,19-/m1/s1. The van der Waals surface area contributed by atoms with Crippen LogP contribution in [0, 0.1) is 0 Å². The summed E-state index contributed by atoms with van der Waals surface area (Å²) in [7, 11) is 1.69. The van der Waals surface area contributed by atoms with E-state index in [1.54, 1.807) is 18.9 Å². The topological polar surface area (TPSA) is 61.8 Å². The molecule has 1 fully saturated rings. The van der Waals surface area contributed by atoms with Gasteiger partial charge in [0.25, 0.3) is 0 Å². The van der Waals surface area contributed by atoms with Gasteiger partial charge in [0, 0.05) is 19.0 Å². The highest BCUT2D eigenvalue weighted by Crippen LogP contribution is 2.33. The normalized spacial score (nSPS) is 26.6. The van der Waals surface area contributed by atoms with Crippen LogP contribution in [-0.2, 0) is 6.42 Å². The molecule has 2 amide bonds. The highest BCUT2D eigenvalue weighted by molar-refractivity contribution is 5.74. The molecule has 2 atom stereocenters. The van der Waals surface area contributed by atoms with Gasteiger partial charge in [-0.3, -0.25) is 0 Å². The maximum atomic E-state index is 12.4. The van der Waals surface area contributed by atoms with Gasteiger partial charge in [-0.1, -0.05) is 6.07 Å². The monoisotopic (exact) mass is 332 g/mol. The molecular weight excluding hydrogens is 304 g/mol. The summed E-state index contributed by atoms with van der Waals surface area (Å²) in [5, 5.41) is 13.2. The van der Waals surface area contributed by atoms with Crippen LogP contribution in [0.15, 0.2) is 18.2 Å². The van der Waals surface area contributed by atoms with Gasteiger partial charge in [0.1, 0.15) is 5.75 Å². The molecule has 1 heterocycles. The molecule has 24 heavy (non-hydrogen) atoms. The number of piperidine rings is 1. The number of urea groups is 1. The first-order valence-corrected chi connectivity index (χ1v) is 8.90. The number of hydrogen-bond acceptors (Lipinski definition) is 3. The fraction of sp³-hybridized carbons (Fsp3) is 0.632. The van der Waals surface area contributed by atoms with E-state index < -0.39 is 5.60 Å². The highest BCUT2D eigenvalue weighted by atomic mass is 16.5. The lowest BCUT2D eigenvalue weighted by atomic mass is 9.82. The van der Waals surface area contributed by atoms with Crippen LogP contribution < -0.4 is 10.1 Å². The SMILES string of the molecule is COc1ccc2c(c1)CCC[C@@H]2CNC(=O)N1CCC[C@@](C)(O)C1. The lowest BCUT2D eigenvalue weighted by molar-refractivity contribution is -0.00251. The predicted molar refractivity (Wildman–Crippen MR) is 93.5 cm³/mol. The lowest BCUT2D eigenvalue weighted by Crippen LogP contribution is -2.52. The van der Waals surface area contributed by atoms with E-state index in [0.29, 0.717) is 19.0 Å². The molecular formula is C19H28N2O3. The maximum absolute atomic E-state index is 12.4. The molecule has 0 unspecified atom stereocenters. The van der Waals surface area contributed by atoms with Crippen LogP contribution in [0.3, 0.4) is 0 Å². The minimum Gasteiger partial charge on any atom is -0.497 e. The fourth-order valence-corrected chi connectivity index (χ4v) is 3.95. The fourth-order valence-electron chi connectivity index (χ4n) is 3.95. The molecule has 1 aromatic rings. The molecule has 0 bridgehead atoms. The summed E-state index contributed by atoms with van der Waals surface area (Å²) >= 11 is 0. The Balaban J connectivity index is 1.60. The molecule has 1 aliphatic heterocycles. The number of aryl methyl sites for hydroxylation is 1. The Labute approximate surface area is 144 Å². The number of methoxy groups -OCH3 is 1. The Kier molecular flexibility index (Phi) is 4.99. The van der Waals surface area contributed by atoms with E-state index in [9.17, 15) is 9.90 Å². The van der Waals surface area contributed by atoms with Crippen LogP contribution >= 0.6 is 0 Å². The molecule has 3 rings (SSSR count). The molecule has 132 valence electrons. The van der Waals surface area contributed by atoms with Crippen LogP contribution in [0.25, 0.3) is 0 Å². The van der Waals surface area contributed by atoms with Crippen molar-refractivity contribution in [3.8, 4) is 5.75 Å². The summed E-state index contributed by atoms with van der Waals surface area (Å²) in [6.07, 6.45) is 4.92. The zero-order valence-electron chi connectivity index (χ0n) is 14.7. The smallest absolute Gasteiger partial charge is 0.317 e. The van der Waals surface area contributed by atoms with Crippen molar-refractivity contribution in [3.05, 3.63) is 29.3 Å². The third kappa shape index (κ3) is 3.83. The van der Waals surface area contributed by atoms with Gasteiger partial charge in [-0.25, -0.2) is 4.79 Å². The van der Waals surface area contributed by atoms with Gasteiger partial charge < -0.3 is 20.1 Å². The van der Waals surface area contributed by atoms with Crippen molar-refractivity contribution in [2.75, 3.05) is 26.7 Å². The zero-order chi connectivity index (χ0) is 17.2. The Morgan fingerprint density at radius 3 is 3.04 bits per heavy atom. The largest absolute Gasteiger partial charge is 0.497 e. The van der Waals surface area contributed by atoms with Crippen molar-refractivity contribution in [1.82, 2.24) is 10.2 Å². The van der Waals surface area contributed by atoms with Crippen LogP contribution in [0.1, 0.15) is 49.7 Å². The molecule has 2 aliphatic rings. The summed E-state index contributed by atoms with van der Waals surface area (Å²) in [5.41, 5.74) is 1.90. The first kappa shape index (κ1) is 17.1. The number of nitrogens with zero attached hydrogens (tertiary/aromatic N) is 1. The molecule has 5 heteroatoms. The van der Waals surface area contributed by atoms with E-state index in [1.165, 1.54) is 11.1 Å². The molecule has 0 saturated carbocycles. The summed E-state index contributed by atoms with van der Waals surface area (Å²) in [5.74, 6) is 1.25. The molecule has 2 N–H and O–H groups in total. The first-order chi connectivity index (χ1) is 11.5. The number of β-amino-alcohol motifs (C(OH)–C–C–N with tert-alkyl or cyclic N) is 1. The second-order valence-corrected chi connectivity index (χ2v) is 7.36. The Morgan fingerprint density at radius 1 is 1.46 bits per heavy atom. The number of ether oxygens (including phenoxy) is 1. The molecule has 5 nitrogen and oxygen atoms in total.